The van der Waals surface area contributed by atoms with Crippen LogP contribution in [0.2, 0.25) is 5.02 Å². The molecule has 3 heterocycles. The molecule has 1 aliphatic heterocycles. The SMILES string of the molecule is CN1CC(NC(=O)c2cc(-c3ccco3)n(-c3cccc(Cl)c3)n2)CC1=O. The molecule has 1 unspecified atom stereocenters. The number of carbonyl (C=O) groups is 2. The van der Waals surface area contributed by atoms with Crippen molar-refractivity contribution in [2.45, 2.75) is 12.5 Å². The Labute approximate surface area is 160 Å². The number of hydrogen-bond donors (Lipinski definition) is 1. The fraction of sp³-hybridized carbons (Fsp3) is 0.211. The molecule has 0 spiro atoms. The molecule has 0 aliphatic carbocycles. The van der Waals surface area contributed by atoms with Crippen molar-refractivity contribution in [1.29, 1.82) is 0 Å². The fourth-order valence-electron chi connectivity index (χ4n) is 3.12. The molecular formula is C19H17ClN4O3. The van der Waals surface area contributed by atoms with Gasteiger partial charge in [0.1, 0.15) is 5.69 Å². The van der Waals surface area contributed by atoms with Crippen LogP contribution in [-0.2, 0) is 4.79 Å². The molecule has 2 amide bonds. The Kier molecular flexibility index (Phi) is 4.45. The number of likely N-dealkylation sites (tertiary alicyclic amines) is 1. The Bertz CT molecular complexity index is 996. The summed E-state index contributed by atoms with van der Waals surface area (Å²) in [6, 6.07) is 12.2. The first kappa shape index (κ1) is 17.4. The van der Waals surface area contributed by atoms with E-state index >= 15 is 0 Å². The molecule has 0 saturated carbocycles. The van der Waals surface area contributed by atoms with E-state index in [1.54, 1.807) is 53.2 Å². The monoisotopic (exact) mass is 384 g/mol. The molecule has 2 aromatic heterocycles. The first-order chi connectivity index (χ1) is 13.0. The molecule has 3 aromatic rings. The Morgan fingerprint density at radius 1 is 1.30 bits per heavy atom. The molecule has 7 nitrogen and oxygen atoms in total. The van der Waals surface area contributed by atoms with Gasteiger partial charge in [0, 0.05) is 31.1 Å². The van der Waals surface area contributed by atoms with Crippen LogP contribution in [0.5, 0.6) is 0 Å². The molecule has 1 atom stereocenters. The maximum Gasteiger partial charge on any atom is 0.272 e. The van der Waals surface area contributed by atoms with Crippen LogP contribution in [0.4, 0.5) is 0 Å². The number of aromatic nitrogens is 2. The molecule has 0 bridgehead atoms. The van der Waals surface area contributed by atoms with E-state index in [1.165, 1.54) is 0 Å². The van der Waals surface area contributed by atoms with Gasteiger partial charge in [0.05, 0.1) is 18.0 Å². The minimum Gasteiger partial charge on any atom is -0.463 e. The van der Waals surface area contributed by atoms with Gasteiger partial charge in [-0.15, -0.1) is 0 Å². The second-order valence-corrected chi connectivity index (χ2v) is 6.87. The van der Waals surface area contributed by atoms with Crippen LogP contribution < -0.4 is 5.32 Å². The Morgan fingerprint density at radius 3 is 2.81 bits per heavy atom. The molecular weight excluding hydrogens is 368 g/mol. The predicted molar refractivity (Wildman–Crippen MR) is 99.8 cm³/mol. The van der Waals surface area contributed by atoms with Gasteiger partial charge in [-0.3, -0.25) is 9.59 Å². The number of nitrogens with zero attached hydrogens (tertiary/aromatic N) is 3. The minimum absolute atomic E-state index is 0.0148. The zero-order valence-corrected chi connectivity index (χ0v) is 15.3. The molecule has 27 heavy (non-hydrogen) atoms. The highest BCUT2D eigenvalue weighted by Gasteiger charge is 2.29. The number of furan rings is 1. The van der Waals surface area contributed by atoms with Gasteiger partial charge in [-0.05, 0) is 30.3 Å². The zero-order chi connectivity index (χ0) is 19.0. The lowest BCUT2D eigenvalue weighted by Crippen LogP contribution is -2.36. The lowest BCUT2D eigenvalue weighted by molar-refractivity contribution is -0.126. The summed E-state index contributed by atoms with van der Waals surface area (Å²) in [5.74, 6) is 0.259. The molecule has 1 aromatic carbocycles. The van der Waals surface area contributed by atoms with E-state index in [0.717, 1.165) is 0 Å². The van der Waals surface area contributed by atoms with Crippen molar-refractivity contribution < 1.29 is 14.0 Å². The Morgan fingerprint density at radius 2 is 2.15 bits per heavy atom. The van der Waals surface area contributed by atoms with Crippen LogP contribution in [-0.4, -0.2) is 46.1 Å². The number of rotatable bonds is 4. The highest BCUT2D eigenvalue weighted by Crippen LogP contribution is 2.26. The topological polar surface area (TPSA) is 80.4 Å². The third-order valence-corrected chi connectivity index (χ3v) is 4.68. The third kappa shape index (κ3) is 3.46. The molecule has 8 heteroatoms. The maximum absolute atomic E-state index is 12.7. The number of likely N-dealkylation sites (N-methyl/N-ethyl adjacent to an activating group) is 1. The molecule has 1 aliphatic rings. The Balaban J connectivity index is 1.67. The van der Waals surface area contributed by atoms with Crippen molar-refractivity contribution in [2.24, 2.45) is 0 Å². The summed E-state index contributed by atoms with van der Waals surface area (Å²) in [7, 11) is 1.72. The number of hydrogen-bond acceptors (Lipinski definition) is 4. The van der Waals surface area contributed by atoms with E-state index < -0.39 is 0 Å². The molecule has 1 N–H and O–H groups in total. The quantitative estimate of drug-likeness (QED) is 0.750. The van der Waals surface area contributed by atoms with Crippen LogP contribution >= 0.6 is 11.6 Å². The van der Waals surface area contributed by atoms with Crippen molar-refractivity contribution in [3.05, 3.63) is 59.4 Å². The molecule has 1 fully saturated rings. The average Bonchev–Trinajstić information content (AvgIpc) is 3.35. The normalized spacial score (nSPS) is 16.7. The van der Waals surface area contributed by atoms with Crippen LogP contribution in [0.1, 0.15) is 16.9 Å². The van der Waals surface area contributed by atoms with E-state index in [2.05, 4.69) is 10.4 Å². The van der Waals surface area contributed by atoms with Crippen molar-refractivity contribution >= 4 is 23.4 Å². The smallest absolute Gasteiger partial charge is 0.272 e. The van der Waals surface area contributed by atoms with Crippen molar-refractivity contribution in [2.75, 3.05) is 13.6 Å². The summed E-state index contributed by atoms with van der Waals surface area (Å²) in [6.45, 7) is 0.491. The standard InChI is InChI=1S/C19H17ClN4O3/c1-23-11-13(9-18(23)25)21-19(26)15-10-16(17-6-3-7-27-17)24(22-15)14-5-2-4-12(20)8-14/h2-8,10,13H,9,11H2,1H3,(H,21,26). The van der Waals surface area contributed by atoms with Gasteiger partial charge in [-0.1, -0.05) is 17.7 Å². The second-order valence-electron chi connectivity index (χ2n) is 6.43. The first-order valence-electron chi connectivity index (χ1n) is 8.46. The number of benzene rings is 1. The summed E-state index contributed by atoms with van der Waals surface area (Å²) in [6.07, 6.45) is 1.85. The van der Waals surface area contributed by atoms with Gasteiger partial charge >= 0.3 is 0 Å². The summed E-state index contributed by atoms with van der Waals surface area (Å²) < 4.78 is 7.11. The molecule has 0 radical (unpaired) electrons. The molecule has 4 rings (SSSR count). The van der Waals surface area contributed by atoms with E-state index in [4.69, 9.17) is 16.0 Å². The van der Waals surface area contributed by atoms with Gasteiger partial charge in [0.2, 0.25) is 5.91 Å². The highest BCUT2D eigenvalue weighted by atomic mass is 35.5. The Hall–Kier alpha value is -3.06. The van der Waals surface area contributed by atoms with Gasteiger partial charge in [-0.2, -0.15) is 5.10 Å². The third-order valence-electron chi connectivity index (χ3n) is 4.44. The van der Waals surface area contributed by atoms with E-state index in [-0.39, 0.29) is 23.6 Å². The average molecular weight is 385 g/mol. The lowest BCUT2D eigenvalue weighted by Gasteiger charge is -2.11. The largest absolute Gasteiger partial charge is 0.463 e. The van der Waals surface area contributed by atoms with Crippen molar-refractivity contribution in [3.8, 4) is 17.1 Å². The predicted octanol–water partition coefficient (Wildman–Crippen LogP) is 2.75. The minimum atomic E-state index is -0.336. The van der Waals surface area contributed by atoms with Gasteiger partial charge in [0.25, 0.3) is 5.91 Å². The van der Waals surface area contributed by atoms with Crippen LogP contribution in [0.15, 0.2) is 53.1 Å². The highest BCUT2D eigenvalue weighted by molar-refractivity contribution is 6.30. The summed E-state index contributed by atoms with van der Waals surface area (Å²) in [4.78, 5) is 25.9. The summed E-state index contributed by atoms with van der Waals surface area (Å²) in [5, 5.41) is 7.88. The van der Waals surface area contributed by atoms with Gasteiger partial charge in [0.15, 0.2) is 11.5 Å². The number of amides is 2. The van der Waals surface area contributed by atoms with Gasteiger partial charge < -0.3 is 14.6 Å². The van der Waals surface area contributed by atoms with Crippen molar-refractivity contribution in [1.82, 2.24) is 20.0 Å². The van der Waals surface area contributed by atoms with Gasteiger partial charge in [-0.25, -0.2) is 4.68 Å². The fourth-order valence-corrected chi connectivity index (χ4v) is 3.30. The van der Waals surface area contributed by atoms with E-state index in [1.807, 2.05) is 12.1 Å². The molecule has 138 valence electrons. The molecule has 1 saturated heterocycles. The number of carbonyl (C=O) groups excluding carboxylic acids is 2. The summed E-state index contributed by atoms with van der Waals surface area (Å²) in [5.41, 5.74) is 1.58. The first-order valence-corrected chi connectivity index (χ1v) is 8.84. The van der Waals surface area contributed by atoms with Crippen LogP contribution in [0.3, 0.4) is 0 Å². The number of nitrogens with one attached hydrogen (secondary N) is 1. The van der Waals surface area contributed by atoms with Crippen LogP contribution in [0.25, 0.3) is 17.1 Å². The zero-order valence-electron chi connectivity index (χ0n) is 14.6. The number of halogens is 1. The second kappa shape index (κ2) is 6.92. The van der Waals surface area contributed by atoms with Crippen molar-refractivity contribution in [3.63, 3.8) is 0 Å². The van der Waals surface area contributed by atoms with Crippen LogP contribution in [0, 0.1) is 0 Å². The lowest BCUT2D eigenvalue weighted by atomic mass is 10.2. The van der Waals surface area contributed by atoms with E-state index in [9.17, 15) is 9.59 Å². The van der Waals surface area contributed by atoms with E-state index in [0.29, 0.717) is 35.1 Å². The maximum atomic E-state index is 12.7. The summed E-state index contributed by atoms with van der Waals surface area (Å²) >= 11 is 6.10.